The molecule has 0 radical (unpaired) electrons. The van der Waals surface area contributed by atoms with Gasteiger partial charge >= 0.3 is 5.97 Å². The van der Waals surface area contributed by atoms with Crippen LogP contribution in [0, 0.1) is 16.0 Å². The number of anilines is 1. The van der Waals surface area contributed by atoms with Crippen LogP contribution in [0.2, 0.25) is 0 Å². The van der Waals surface area contributed by atoms with Crippen LogP contribution in [0.5, 0.6) is 0 Å². The highest BCUT2D eigenvalue weighted by molar-refractivity contribution is 5.96. The number of aliphatic carboxylic acids is 1. The van der Waals surface area contributed by atoms with Crippen molar-refractivity contribution in [2.45, 2.75) is 82.7 Å². The Balaban J connectivity index is 1.47. The van der Waals surface area contributed by atoms with Crippen LogP contribution >= 0.6 is 0 Å². The molecule has 2 aromatic heterocycles. The minimum absolute atomic E-state index is 0.0135. The topological polar surface area (TPSA) is 139 Å². The molecule has 1 atom stereocenters. The van der Waals surface area contributed by atoms with Crippen molar-refractivity contribution in [3.8, 4) is 11.3 Å². The molecule has 5 rings (SSSR count). The van der Waals surface area contributed by atoms with E-state index in [1.807, 2.05) is 4.40 Å². The molecule has 2 heterocycles. The van der Waals surface area contributed by atoms with E-state index in [9.17, 15) is 24.8 Å². The number of nitro benzene ring substituents is 1. The van der Waals surface area contributed by atoms with Gasteiger partial charge in [-0.25, -0.2) is 4.98 Å². The fourth-order valence-electron chi connectivity index (χ4n) is 6.04. The van der Waals surface area contributed by atoms with E-state index in [1.54, 1.807) is 30.5 Å². The van der Waals surface area contributed by atoms with E-state index < -0.39 is 16.9 Å². The minimum atomic E-state index is -0.922. The second-order valence-electron chi connectivity index (χ2n) is 10.8. The number of nitrogens with zero attached hydrogens (tertiary/aromatic N) is 3. The first-order valence-electron chi connectivity index (χ1n) is 13.9. The first-order chi connectivity index (χ1) is 18.9. The number of carbonyl (C=O) groups excluding carboxylic acids is 1. The lowest BCUT2D eigenvalue weighted by atomic mass is 9.82. The van der Waals surface area contributed by atoms with Crippen molar-refractivity contribution >= 4 is 29.0 Å². The Morgan fingerprint density at radius 2 is 1.77 bits per heavy atom. The number of carboxylic acid groups (broad SMARTS) is 1. The SMILES string of the molecule is O=C(O)CC(NC(=O)c1ccn2c(NC3CCCCC3)c(-c3cccc([N+](=O)[O-])c3)nc2c1)C1CCCCC1. The number of benzene rings is 1. The summed E-state index contributed by atoms with van der Waals surface area (Å²) >= 11 is 0. The normalized spacial score (nSPS) is 17.5. The van der Waals surface area contributed by atoms with Gasteiger partial charge in [0.25, 0.3) is 11.6 Å². The van der Waals surface area contributed by atoms with Crippen LogP contribution < -0.4 is 10.6 Å². The van der Waals surface area contributed by atoms with Crippen molar-refractivity contribution in [1.29, 1.82) is 0 Å². The highest BCUT2D eigenvalue weighted by Gasteiger charge is 2.28. The Bertz CT molecular complexity index is 1360. The first kappa shape index (κ1) is 26.6. The maximum atomic E-state index is 13.3. The molecule has 10 heteroatoms. The number of nitro groups is 1. The number of carboxylic acids is 1. The standard InChI is InChI=1S/C29H35N5O5/c35-26(36)18-24(19-8-3-1-4-9-19)31-29(37)21-14-15-33-25(17-21)32-27(20-10-7-13-23(16-20)34(38)39)28(33)30-22-11-5-2-6-12-22/h7,10,13-17,19,22,24,30H,1-6,8-9,11-12,18H2,(H,31,37)(H,35,36). The van der Waals surface area contributed by atoms with Crippen LogP contribution in [-0.2, 0) is 4.79 Å². The van der Waals surface area contributed by atoms with Crippen LogP contribution in [0.1, 0.15) is 81.0 Å². The summed E-state index contributed by atoms with van der Waals surface area (Å²) in [6, 6.07) is 9.68. The number of rotatable bonds is 9. The summed E-state index contributed by atoms with van der Waals surface area (Å²) < 4.78 is 1.88. The van der Waals surface area contributed by atoms with Gasteiger partial charge < -0.3 is 15.7 Å². The molecule has 2 saturated carbocycles. The zero-order valence-corrected chi connectivity index (χ0v) is 22.0. The zero-order valence-electron chi connectivity index (χ0n) is 22.0. The summed E-state index contributed by atoms with van der Waals surface area (Å²) in [4.78, 5) is 40.6. The maximum absolute atomic E-state index is 13.3. The molecule has 39 heavy (non-hydrogen) atoms. The molecule has 0 saturated heterocycles. The predicted molar refractivity (Wildman–Crippen MR) is 148 cm³/mol. The molecule has 3 N–H and O–H groups in total. The minimum Gasteiger partial charge on any atom is -0.481 e. The number of hydrogen-bond donors (Lipinski definition) is 3. The van der Waals surface area contributed by atoms with E-state index in [0.717, 1.165) is 63.6 Å². The first-order valence-corrected chi connectivity index (χ1v) is 13.9. The third-order valence-electron chi connectivity index (χ3n) is 8.09. The summed E-state index contributed by atoms with van der Waals surface area (Å²) in [6.07, 6.45) is 12.3. The Labute approximate surface area is 227 Å². The van der Waals surface area contributed by atoms with Crippen LogP contribution in [0.3, 0.4) is 0 Å². The summed E-state index contributed by atoms with van der Waals surface area (Å²) in [5.41, 5.74) is 2.13. The van der Waals surface area contributed by atoms with Crippen molar-refractivity contribution in [3.63, 3.8) is 0 Å². The Morgan fingerprint density at radius 3 is 2.46 bits per heavy atom. The molecule has 1 unspecified atom stereocenters. The van der Waals surface area contributed by atoms with Crippen molar-refractivity contribution in [2.75, 3.05) is 5.32 Å². The van der Waals surface area contributed by atoms with Gasteiger partial charge in [0.15, 0.2) is 0 Å². The number of nitrogens with one attached hydrogen (secondary N) is 2. The Hall–Kier alpha value is -3.95. The number of imidazole rings is 1. The second-order valence-corrected chi connectivity index (χ2v) is 10.8. The number of pyridine rings is 1. The number of fused-ring (bicyclic) bond motifs is 1. The number of non-ortho nitro benzene ring substituents is 1. The van der Waals surface area contributed by atoms with E-state index in [4.69, 9.17) is 4.98 Å². The van der Waals surface area contributed by atoms with Crippen molar-refractivity contribution in [1.82, 2.24) is 14.7 Å². The monoisotopic (exact) mass is 533 g/mol. The van der Waals surface area contributed by atoms with Crippen LogP contribution in [-0.4, -0.2) is 43.4 Å². The summed E-state index contributed by atoms with van der Waals surface area (Å²) in [7, 11) is 0. The number of amides is 1. The van der Waals surface area contributed by atoms with Gasteiger partial charge in [-0.2, -0.15) is 0 Å². The average Bonchev–Trinajstić information content (AvgIpc) is 3.31. The van der Waals surface area contributed by atoms with Crippen LogP contribution in [0.4, 0.5) is 11.5 Å². The van der Waals surface area contributed by atoms with Crippen molar-refractivity contribution in [2.24, 2.45) is 5.92 Å². The summed E-state index contributed by atoms with van der Waals surface area (Å²) in [5.74, 6) is -0.346. The smallest absolute Gasteiger partial charge is 0.305 e. The van der Waals surface area contributed by atoms with E-state index in [1.165, 1.54) is 18.6 Å². The van der Waals surface area contributed by atoms with E-state index in [0.29, 0.717) is 22.5 Å². The van der Waals surface area contributed by atoms with Gasteiger partial charge in [0.1, 0.15) is 17.2 Å². The molecule has 3 aromatic rings. The molecule has 0 bridgehead atoms. The van der Waals surface area contributed by atoms with Crippen molar-refractivity contribution in [3.05, 3.63) is 58.3 Å². The van der Waals surface area contributed by atoms with Crippen LogP contribution in [0.15, 0.2) is 42.6 Å². The zero-order chi connectivity index (χ0) is 27.4. The number of aromatic nitrogens is 2. The molecular formula is C29H35N5O5. The lowest BCUT2D eigenvalue weighted by molar-refractivity contribution is -0.384. The lowest BCUT2D eigenvalue weighted by Gasteiger charge is -2.30. The Morgan fingerprint density at radius 1 is 1.05 bits per heavy atom. The third kappa shape index (κ3) is 6.21. The van der Waals surface area contributed by atoms with Gasteiger partial charge in [-0.15, -0.1) is 0 Å². The highest BCUT2D eigenvalue weighted by Crippen LogP contribution is 2.34. The largest absolute Gasteiger partial charge is 0.481 e. The van der Waals surface area contributed by atoms with E-state index >= 15 is 0 Å². The summed E-state index contributed by atoms with van der Waals surface area (Å²) in [6.45, 7) is 0. The van der Waals surface area contributed by atoms with Gasteiger partial charge in [0.2, 0.25) is 0 Å². The van der Waals surface area contributed by atoms with E-state index in [-0.39, 0.29) is 30.0 Å². The molecular weight excluding hydrogens is 498 g/mol. The maximum Gasteiger partial charge on any atom is 0.305 e. The number of hydrogen-bond acceptors (Lipinski definition) is 6. The molecule has 2 aliphatic carbocycles. The van der Waals surface area contributed by atoms with Crippen LogP contribution in [0.25, 0.3) is 16.9 Å². The third-order valence-corrected chi connectivity index (χ3v) is 8.09. The Kier molecular flexibility index (Phi) is 8.09. The second kappa shape index (κ2) is 11.8. The highest BCUT2D eigenvalue weighted by atomic mass is 16.6. The molecule has 2 fully saturated rings. The predicted octanol–water partition coefficient (Wildman–Crippen LogP) is 5.81. The molecule has 0 aliphatic heterocycles. The summed E-state index contributed by atoms with van der Waals surface area (Å²) in [5, 5.41) is 27.5. The quantitative estimate of drug-likeness (QED) is 0.233. The number of carbonyl (C=O) groups is 2. The molecule has 2 aliphatic rings. The molecule has 1 amide bonds. The molecule has 1 aromatic carbocycles. The van der Waals surface area contributed by atoms with Gasteiger partial charge in [0, 0.05) is 41.5 Å². The fraction of sp³-hybridized carbons (Fsp3) is 0.483. The van der Waals surface area contributed by atoms with E-state index in [2.05, 4.69) is 10.6 Å². The molecule has 10 nitrogen and oxygen atoms in total. The lowest BCUT2D eigenvalue weighted by Crippen LogP contribution is -2.42. The van der Waals surface area contributed by atoms with Gasteiger partial charge in [-0.1, -0.05) is 50.7 Å². The average molecular weight is 534 g/mol. The van der Waals surface area contributed by atoms with Gasteiger partial charge in [0.05, 0.1) is 11.3 Å². The van der Waals surface area contributed by atoms with Gasteiger partial charge in [-0.3, -0.25) is 24.1 Å². The molecule has 0 spiro atoms. The molecule has 206 valence electrons. The van der Waals surface area contributed by atoms with Crippen molar-refractivity contribution < 1.29 is 19.6 Å². The van der Waals surface area contributed by atoms with Gasteiger partial charge in [-0.05, 0) is 43.7 Å². The fourth-order valence-corrected chi connectivity index (χ4v) is 6.04.